The van der Waals surface area contributed by atoms with Gasteiger partial charge in [-0.3, -0.25) is 9.59 Å². The molecule has 6 nitrogen and oxygen atoms in total. The van der Waals surface area contributed by atoms with Gasteiger partial charge >= 0.3 is 0 Å². The Morgan fingerprint density at radius 3 is 2.61 bits per heavy atom. The van der Waals surface area contributed by atoms with Crippen molar-refractivity contribution < 1.29 is 14.0 Å². The van der Waals surface area contributed by atoms with Crippen molar-refractivity contribution in [2.45, 2.75) is 19.9 Å². The van der Waals surface area contributed by atoms with Crippen LogP contribution >= 0.6 is 0 Å². The van der Waals surface area contributed by atoms with Crippen LogP contribution in [0.15, 0.2) is 42.5 Å². The van der Waals surface area contributed by atoms with Gasteiger partial charge in [0.25, 0.3) is 5.91 Å². The molecule has 0 spiro atoms. The van der Waals surface area contributed by atoms with Gasteiger partial charge in [-0.25, -0.2) is 14.4 Å². The molecule has 2 heterocycles. The number of benzene rings is 2. The average Bonchev–Trinajstić information content (AvgIpc) is 2.68. The fraction of sp³-hybridized carbons (Fsp3) is 0.238. The number of rotatable bonds is 2. The van der Waals surface area contributed by atoms with Crippen molar-refractivity contribution in [1.82, 2.24) is 20.2 Å². The van der Waals surface area contributed by atoms with Crippen LogP contribution in [0.1, 0.15) is 33.4 Å². The normalized spacial score (nSPS) is 16.9. The maximum absolute atomic E-state index is 13.7. The number of aromatic nitrogens is 2. The molecular formula is C21H19FN4O2. The quantitative estimate of drug-likeness (QED) is 0.744. The summed E-state index contributed by atoms with van der Waals surface area (Å²) in [4.78, 5) is 36.2. The minimum absolute atomic E-state index is 0.300. The highest BCUT2D eigenvalue weighted by Crippen LogP contribution is 2.26. The Bertz CT molecular complexity index is 1100. The van der Waals surface area contributed by atoms with Crippen LogP contribution in [0, 0.1) is 19.7 Å². The zero-order valence-corrected chi connectivity index (χ0v) is 15.6. The van der Waals surface area contributed by atoms with E-state index in [-0.39, 0.29) is 11.8 Å². The maximum atomic E-state index is 13.7. The van der Waals surface area contributed by atoms with Gasteiger partial charge in [-0.1, -0.05) is 12.1 Å². The second-order valence-electron chi connectivity index (χ2n) is 6.85. The number of hydrogen-bond acceptors (Lipinski definition) is 4. The standard InChI is InChI=1S/C21H19FN4O2/c1-12-13(2)25-18-11-15(6-7-17(18)24-12)21(28)26-9-8-23-20(27)19(26)14-4-3-5-16(22)10-14/h3-7,10-11,19H,8-9H2,1-2H3,(H,23,27)/t19-/m0/s1. The number of carbonyl (C=O) groups excluding carboxylic acids is 2. The minimum Gasteiger partial charge on any atom is -0.352 e. The number of nitrogens with one attached hydrogen (secondary N) is 1. The van der Waals surface area contributed by atoms with Crippen LogP contribution in [0.5, 0.6) is 0 Å². The molecule has 1 aliphatic rings. The number of carbonyl (C=O) groups is 2. The Morgan fingerprint density at radius 2 is 1.86 bits per heavy atom. The van der Waals surface area contributed by atoms with E-state index in [2.05, 4.69) is 15.3 Å². The van der Waals surface area contributed by atoms with Crippen LogP contribution in [0.3, 0.4) is 0 Å². The molecule has 2 amide bonds. The lowest BCUT2D eigenvalue weighted by Gasteiger charge is -2.35. The molecule has 3 aromatic rings. The maximum Gasteiger partial charge on any atom is 0.254 e. The molecule has 142 valence electrons. The van der Waals surface area contributed by atoms with Crippen LogP contribution in [0.2, 0.25) is 0 Å². The number of amides is 2. The van der Waals surface area contributed by atoms with E-state index in [1.807, 2.05) is 13.8 Å². The Kier molecular flexibility index (Phi) is 4.50. The Balaban J connectivity index is 1.73. The summed E-state index contributed by atoms with van der Waals surface area (Å²) in [6, 6.07) is 10.0. The van der Waals surface area contributed by atoms with Crippen molar-refractivity contribution in [2.24, 2.45) is 0 Å². The van der Waals surface area contributed by atoms with E-state index in [1.54, 1.807) is 24.3 Å². The highest BCUT2D eigenvalue weighted by molar-refractivity contribution is 6.00. The molecule has 1 aliphatic heterocycles. The van der Waals surface area contributed by atoms with Gasteiger partial charge in [0, 0.05) is 18.7 Å². The first-order valence-electron chi connectivity index (χ1n) is 9.03. The molecule has 1 N–H and O–H groups in total. The molecular weight excluding hydrogens is 359 g/mol. The summed E-state index contributed by atoms with van der Waals surface area (Å²) in [5, 5.41) is 2.75. The highest BCUT2D eigenvalue weighted by atomic mass is 19.1. The van der Waals surface area contributed by atoms with Crippen molar-refractivity contribution >= 4 is 22.8 Å². The first-order valence-corrected chi connectivity index (χ1v) is 9.03. The second kappa shape index (κ2) is 6.99. The Morgan fingerprint density at radius 1 is 1.11 bits per heavy atom. The third kappa shape index (κ3) is 3.19. The predicted octanol–water partition coefficient (Wildman–Crippen LogP) is 2.70. The number of piperazine rings is 1. The molecule has 2 aromatic carbocycles. The first-order chi connectivity index (χ1) is 13.4. The molecule has 1 aromatic heterocycles. The molecule has 0 bridgehead atoms. The van der Waals surface area contributed by atoms with E-state index < -0.39 is 11.9 Å². The molecule has 1 saturated heterocycles. The van der Waals surface area contributed by atoms with Crippen molar-refractivity contribution in [3.05, 3.63) is 70.8 Å². The summed E-state index contributed by atoms with van der Waals surface area (Å²) in [6.07, 6.45) is 0. The largest absolute Gasteiger partial charge is 0.352 e. The lowest BCUT2D eigenvalue weighted by atomic mass is 10.0. The van der Waals surface area contributed by atoms with Gasteiger partial charge in [0.2, 0.25) is 5.91 Å². The molecule has 1 fully saturated rings. The smallest absolute Gasteiger partial charge is 0.254 e. The fourth-order valence-corrected chi connectivity index (χ4v) is 3.42. The topological polar surface area (TPSA) is 75.2 Å². The summed E-state index contributed by atoms with van der Waals surface area (Å²) in [6.45, 7) is 4.44. The van der Waals surface area contributed by atoms with Gasteiger partial charge in [0.15, 0.2) is 0 Å². The number of fused-ring (bicyclic) bond motifs is 1. The third-order valence-corrected chi connectivity index (χ3v) is 4.96. The van der Waals surface area contributed by atoms with Crippen molar-refractivity contribution in [2.75, 3.05) is 13.1 Å². The first kappa shape index (κ1) is 18.0. The second-order valence-corrected chi connectivity index (χ2v) is 6.85. The van der Waals surface area contributed by atoms with Gasteiger partial charge in [-0.15, -0.1) is 0 Å². The number of halogens is 1. The van der Waals surface area contributed by atoms with Crippen LogP contribution in [-0.4, -0.2) is 39.8 Å². The van der Waals surface area contributed by atoms with Crippen molar-refractivity contribution in [3.8, 4) is 0 Å². The zero-order valence-electron chi connectivity index (χ0n) is 15.6. The molecule has 4 rings (SSSR count). The van der Waals surface area contributed by atoms with E-state index in [1.165, 1.54) is 23.1 Å². The average molecular weight is 378 g/mol. The monoisotopic (exact) mass is 378 g/mol. The summed E-state index contributed by atoms with van der Waals surface area (Å²) in [5.41, 5.74) is 3.83. The van der Waals surface area contributed by atoms with Crippen LogP contribution in [0.25, 0.3) is 11.0 Å². The molecule has 1 atom stereocenters. The number of aryl methyl sites for hydroxylation is 2. The van der Waals surface area contributed by atoms with Crippen LogP contribution in [-0.2, 0) is 4.79 Å². The molecule has 0 saturated carbocycles. The fourth-order valence-electron chi connectivity index (χ4n) is 3.42. The Hall–Kier alpha value is -3.35. The molecule has 0 unspecified atom stereocenters. The van der Waals surface area contributed by atoms with E-state index in [9.17, 15) is 14.0 Å². The molecule has 28 heavy (non-hydrogen) atoms. The summed E-state index contributed by atoms with van der Waals surface area (Å²) < 4.78 is 13.7. The van der Waals surface area contributed by atoms with Gasteiger partial charge in [-0.2, -0.15) is 0 Å². The lowest BCUT2D eigenvalue weighted by Crippen LogP contribution is -2.52. The van der Waals surface area contributed by atoms with Crippen molar-refractivity contribution in [3.63, 3.8) is 0 Å². The van der Waals surface area contributed by atoms with E-state index in [0.29, 0.717) is 35.2 Å². The minimum atomic E-state index is -0.876. The molecule has 0 radical (unpaired) electrons. The van der Waals surface area contributed by atoms with E-state index in [0.717, 1.165) is 11.4 Å². The van der Waals surface area contributed by atoms with E-state index in [4.69, 9.17) is 0 Å². The summed E-state index contributed by atoms with van der Waals surface area (Å²) >= 11 is 0. The van der Waals surface area contributed by atoms with Gasteiger partial charge in [0.05, 0.1) is 22.4 Å². The number of hydrogen-bond donors (Lipinski definition) is 1. The molecule has 7 heteroatoms. The lowest BCUT2D eigenvalue weighted by molar-refractivity contribution is -0.128. The third-order valence-electron chi connectivity index (χ3n) is 4.96. The summed E-state index contributed by atoms with van der Waals surface area (Å²) in [7, 11) is 0. The summed E-state index contributed by atoms with van der Waals surface area (Å²) in [5.74, 6) is -1.07. The zero-order chi connectivity index (χ0) is 19.8. The van der Waals surface area contributed by atoms with Gasteiger partial charge in [0.1, 0.15) is 11.9 Å². The highest BCUT2D eigenvalue weighted by Gasteiger charge is 2.35. The molecule has 0 aliphatic carbocycles. The Labute approximate surface area is 161 Å². The number of nitrogens with zero attached hydrogens (tertiary/aromatic N) is 3. The predicted molar refractivity (Wildman–Crippen MR) is 102 cm³/mol. The van der Waals surface area contributed by atoms with Gasteiger partial charge < -0.3 is 10.2 Å². The van der Waals surface area contributed by atoms with Crippen LogP contribution < -0.4 is 5.32 Å². The van der Waals surface area contributed by atoms with Gasteiger partial charge in [-0.05, 0) is 49.7 Å². The van der Waals surface area contributed by atoms with Crippen molar-refractivity contribution in [1.29, 1.82) is 0 Å². The van der Waals surface area contributed by atoms with Crippen LogP contribution in [0.4, 0.5) is 4.39 Å². The SMILES string of the molecule is Cc1nc2ccc(C(=O)N3CCNC(=O)[C@@H]3c3cccc(F)c3)cc2nc1C. The van der Waals surface area contributed by atoms with E-state index >= 15 is 0 Å².